The highest BCUT2D eigenvalue weighted by Crippen LogP contribution is 2.24. The zero-order chi connectivity index (χ0) is 14.9. The van der Waals surface area contributed by atoms with E-state index in [9.17, 15) is 4.79 Å². The molecule has 3 heteroatoms. The van der Waals surface area contributed by atoms with E-state index in [0.29, 0.717) is 10.6 Å². The summed E-state index contributed by atoms with van der Waals surface area (Å²) in [6.07, 6.45) is 0. The zero-order valence-electron chi connectivity index (χ0n) is 12.2. The molecule has 0 aliphatic carbocycles. The van der Waals surface area contributed by atoms with Gasteiger partial charge in [0.05, 0.1) is 10.6 Å². The molecule has 104 valence electrons. The van der Waals surface area contributed by atoms with E-state index in [2.05, 4.69) is 17.4 Å². The molecule has 20 heavy (non-hydrogen) atoms. The molecule has 0 fully saturated rings. The summed E-state index contributed by atoms with van der Waals surface area (Å²) in [6, 6.07) is 9.55. The highest BCUT2D eigenvalue weighted by atomic mass is 35.5. The molecule has 2 aromatic rings. The summed E-state index contributed by atoms with van der Waals surface area (Å²) in [4.78, 5) is 12.3. The summed E-state index contributed by atoms with van der Waals surface area (Å²) in [5.41, 5.74) is 5.69. The van der Waals surface area contributed by atoms with E-state index in [1.54, 1.807) is 12.1 Å². The van der Waals surface area contributed by atoms with E-state index in [-0.39, 0.29) is 5.91 Å². The second-order valence-corrected chi connectivity index (χ2v) is 5.62. The summed E-state index contributed by atoms with van der Waals surface area (Å²) in [5.74, 6) is -0.176. The average molecular weight is 288 g/mol. The van der Waals surface area contributed by atoms with Crippen molar-refractivity contribution in [2.45, 2.75) is 27.7 Å². The fourth-order valence-corrected chi connectivity index (χ4v) is 2.68. The Kier molecular flexibility index (Phi) is 4.15. The SMILES string of the molecule is Cc1cc(C)c(NC(=O)c2ccc(C)cc2Cl)c(C)c1. The summed E-state index contributed by atoms with van der Waals surface area (Å²) in [7, 11) is 0. The molecule has 2 aromatic carbocycles. The van der Waals surface area contributed by atoms with Crippen LogP contribution >= 0.6 is 11.6 Å². The number of hydrogen-bond acceptors (Lipinski definition) is 1. The maximum absolute atomic E-state index is 12.3. The van der Waals surface area contributed by atoms with Gasteiger partial charge in [0, 0.05) is 5.69 Å². The molecule has 0 unspecified atom stereocenters. The monoisotopic (exact) mass is 287 g/mol. The van der Waals surface area contributed by atoms with Gasteiger partial charge in [-0.3, -0.25) is 4.79 Å². The van der Waals surface area contributed by atoms with E-state index in [1.807, 2.05) is 33.8 Å². The number of halogens is 1. The van der Waals surface area contributed by atoms with Crippen LogP contribution in [-0.2, 0) is 0 Å². The van der Waals surface area contributed by atoms with Crippen LogP contribution in [0.25, 0.3) is 0 Å². The molecule has 0 saturated carbocycles. The first-order valence-electron chi connectivity index (χ1n) is 6.54. The summed E-state index contributed by atoms with van der Waals surface area (Å²) >= 11 is 6.13. The number of hydrogen-bond donors (Lipinski definition) is 1. The molecule has 0 radical (unpaired) electrons. The molecule has 0 heterocycles. The Hall–Kier alpha value is -1.80. The predicted octanol–water partition coefficient (Wildman–Crippen LogP) is 4.83. The van der Waals surface area contributed by atoms with Crippen LogP contribution in [0, 0.1) is 27.7 Å². The van der Waals surface area contributed by atoms with Crippen molar-refractivity contribution in [1.82, 2.24) is 0 Å². The molecule has 1 amide bonds. The number of anilines is 1. The molecule has 1 N–H and O–H groups in total. The lowest BCUT2D eigenvalue weighted by Crippen LogP contribution is -2.14. The van der Waals surface area contributed by atoms with Gasteiger partial charge in [-0.2, -0.15) is 0 Å². The fraction of sp³-hybridized carbons (Fsp3) is 0.235. The first-order valence-corrected chi connectivity index (χ1v) is 6.91. The van der Waals surface area contributed by atoms with Gasteiger partial charge < -0.3 is 5.32 Å². The fourth-order valence-electron chi connectivity index (χ4n) is 2.36. The molecular weight excluding hydrogens is 270 g/mol. The molecule has 2 rings (SSSR count). The number of nitrogens with one attached hydrogen (secondary N) is 1. The lowest BCUT2D eigenvalue weighted by molar-refractivity contribution is 0.102. The van der Waals surface area contributed by atoms with Gasteiger partial charge in [0.1, 0.15) is 0 Å². The van der Waals surface area contributed by atoms with Gasteiger partial charge in [-0.05, 0) is 56.5 Å². The van der Waals surface area contributed by atoms with Gasteiger partial charge in [0.15, 0.2) is 0 Å². The molecule has 0 atom stereocenters. The minimum atomic E-state index is -0.176. The number of rotatable bonds is 2. The van der Waals surface area contributed by atoms with Crippen LogP contribution in [0.3, 0.4) is 0 Å². The Morgan fingerprint density at radius 3 is 2.10 bits per heavy atom. The van der Waals surface area contributed by atoms with Crippen molar-refractivity contribution < 1.29 is 4.79 Å². The van der Waals surface area contributed by atoms with Crippen molar-refractivity contribution in [1.29, 1.82) is 0 Å². The second-order valence-electron chi connectivity index (χ2n) is 5.21. The van der Waals surface area contributed by atoms with Crippen molar-refractivity contribution in [3.05, 3.63) is 63.2 Å². The maximum Gasteiger partial charge on any atom is 0.257 e. The van der Waals surface area contributed by atoms with Crippen LogP contribution in [0.4, 0.5) is 5.69 Å². The van der Waals surface area contributed by atoms with Crippen LogP contribution in [0.1, 0.15) is 32.6 Å². The maximum atomic E-state index is 12.3. The third-order valence-corrected chi connectivity index (χ3v) is 3.60. The predicted molar refractivity (Wildman–Crippen MR) is 84.8 cm³/mol. The van der Waals surface area contributed by atoms with E-state index in [0.717, 1.165) is 22.4 Å². The van der Waals surface area contributed by atoms with Gasteiger partial charge in [0.25, 0.3) is 5.91 Å². The third-order valence-electron chi connectivity index (χ3n) is 3.28. The number of amides is 1. The molecule has 0 aromatic heterocycles. The molecular formula is C17H18ClNO. The van der Waals surface area contributed by atoms with Crippen LogP contribution in [0.2, 0.25) is 5.02 Å². The highest BCUT2D eigenvalue weighted by Gasteiger charge is 2.13. The highest BCUT2D eigenvalue weighted by molar-refractivity contribution is 6.34. The van der Waals surface area contributed by atoms with Crippen molar-refractivity contribution in [2.24, 2.45) is 0 Å². The van der Waals surface area contributed by atoms with E-state index in [1.165, 1.54) is 5.56 Å². The van der Waals surface area contributed by atoms with Crippen molar-refractivity contribution in [3.63, 3.8) is 0 Å². The third kappa shape index (κ3) is 3.02. The van der Waals surface area contributed by atoms with Crippen LogP contribution in [-0.4, -0.2) is 5.91 Å². The molecule has 0 aliphatic heterocycles. The Morgan fingerprint density at radius 1 is 0.950 bits per heavy atom. The zero-order valence-corrected chi connectivity index (χ0v) is 12.9. The lowest BCUT2D eigenvalue weighted by Gasteiger charge is -2.13. The van der Waals surface area contributed by atoms with Crippen molar-refractivity contribution >= 4 is 23.2 Å². The van der Waals surface area contributed by atoms with Gasteiger partial charge in [-0.25, -0.2) is 0 Å². The Labute approximate surface area is 124 Å². The van der Waals surface area contributed by atoms with Gasteiger partial charge in [0.2, 0.25) is 0 Å². The molecule has 2 nitrogen and oxygen atoms in total. The van der Waals surface area contributed by atoms with Crippen molar-refractivity contribution in [2.75, 3.05) is 5.32 Å². The number of carbonyl (C=O) groups excluding carboxylic acids is 1. The summed E-state index contributed by atoms with van der Waals surface area (Å²) in [6.45, 7) is 7.98. The van der Waals surface area contributed by atoms with Crippen LogP contribution in [0.15, 0.2) is 30.3 Å². The van der Waals surface area contributed by atoms with Gasteiger partial charge in [-0.15, -0.1) is 0 Å². The average Bonchev–Trinajstić information content (AvgIpc) is 2.33. The quantitative estimate of drug-likeness (QED) is 0.842. The van der Waals surface area contributed by atoms with E-state index >= 15 is 0 Å². The van der Waals surface area contributed by atoms with E-state index < -0.39 is 0 Å². The first-order chi connectivity index (χ1) is 9.38. The van der Waals surface area contributed by atoms with E-state index in [4.69, 9.17) is 11.6 Å². The molecule has 0 aliphatic rings. The largest absolute Gasteiger partial charge is 0.321 e. The van der Waals surface area contributed by atoms with Gasteiger partial charge in [-0.1, -0.05) is 35.4 Å². The minimum Gasteiger partial charge on any atom is -0.321 e. The normalized spacial score (nSPS) is 10.4. The topological polar surface area (TPSA) is 29.1 Å². The number of carbonyl (C=O) groups is 1. The molecule has 0 saturated heterocycles. The van der Waals surface area contributed by atoms with Crippen molar-refractivity contribution in [3.8, 4) is 0 Å². The second kappa shape index (κ2) is 5.68. The minimum absolute atomic E-state index is 0.176. The summed E-state index contributed by atoms with van der Waals surface area (Å²) < 4.78 is 0. The first kappa shape index (κ1) is 14.6. The Bertz CT molecular complexity index is 654. The molecule has 0 spiro atoms. The smallest absolute Gasteiger partial charge is 0.257 e. The Morgan fingerprint density at radius 2 is 1.55 bits per heavy atom. The standard InChI is InChI=1S/C17H18ClNO/c1-10-5-6-14(15(18)9-10)17(20)19-16-12(3)7-11(2)8-13(16)4/h5-9H,1-4H3,(H,19,20). The van der Waals surface area contributed by atoms with Crippen LogP contribution < -0.4 is 5.32 Å². The number of aryl methyl sites for hydroxylation is 4. The van der Waals surface area contributed by atoms with Gasteiger partial charge >= 0.3 is 0 Å². The van der Waals surface area contributed by atoms with Crippen LogP contribution in [0.5, 0.6) is 0 Å². The summed E-state index contributed by atoms with van der Waals surface area (Å²) in [5, 5.41) is 3.44. The number of benzene rings is 2. The lowest BCUT2D eigenvalue weighted by atomic mass is 10.0. The molecule has 0 bridgehead atoms. The Balaban J connectivity index is 2.33.